The Hall–Kier alpha value is -1.22. The summed E-state index contributed by atoms with van der Waals surface area (Å²) < 4.78 is 10.4. The number of carbonyl (C=O) groups is 1. The maximum absolute atomic E-state index is 12.5. The lowest BCUT2D eigenvalue weighted by molar-refractivity contribution is 0.0889. The molecule has 1 saturated carbocycles. The zero-order valence-electron chi connectivity index (χ0n) is 11.4. The van der Waals surface area contributed by atoms with Crippen molar-refractivity contribution in [3.05, 3.63) is 22.7 Å². The molecule has 1 aliphatic rings. The van der Waals surface area contributed by atoms with E-state index in [2.05, 4.69) is 0 Å². The minimum absolute atomic E-state index is 0.128. The van der Waals surface area contributed by atoms with E-state index < -0.39 is 0 Å². The van der Waals surface area contributed by atoms with Gasteiger partial charge in [-0.2, -0.15) is 0 Å². The summed E-state index contributed by atoms with van der Waals surface area (Å²) in [6, 6.07) is 3.40. The topological polar surface area (TPSA) is 35.5 Å². The number of Topliss-reactive ketones (excluding diaryl/α,β-unsaturated/α-hetero) is 1. The Morgan fingerprint density at radius 1 is 1.16 bits per heavy atom. The average molecular weight is 283 g/mol. The van der Waals surface area contributed by atoms with Gasteiger partial charge in [0, 0.05) is 11.5 Å². The van der Waals surface area contributed by atoms with Gasteiger partial charge in [-0.25, -0.2) is 0 Å². The third-order valence-electron chi connectivity index (χ3n) is 3.69. The minimum Gasteiger partial charge on any atom is -0.493 e. The van der Waals surface area contributed by atoms with E-state index in [-0.39, 0.29) is 11.7 Å². The summed E-state index contributed by atoms with van der Waals surface area (Å²) >= 11 is 6.14. The molecule has 1 aliphatic carbocycles. The van der Waals surface area contributed by atoms with Crippen LogP contribution in [0, 0.1) is 5.92 Å². The Morgan fingerprint density at radius 2 is 1.84 bits per heavy atom. The van der Waals surface area contributed by atoms with Crippen LogP contribution in [0.2, 0.25) is 5.02 Å². The van der Waals surface area contributed by atoms with Crippen LogP contribution < -0.4 is 9.47 Å². The lowest BCUT2D eigenvalue weighted by Gasteiger charge is -2.21. The van der Waals surface area contributed by atoms with E-state index in [1.54, 1.807) is 19.2 Å². The molecule has 4 heteroatoms. The van der Waals surface area contributed by atoms with Crippen LogP contribution in [0.5, 0.6) is 11.5 Å². The summed E-state index contributed by atoms with van der Waals surface area (Å²) in [6.45, 7) is 0. The molecule has 0 heterocycles. The second-order valence-corrected chi connectivity index (χ2v) is 5.30. The number of rotatable bonds is 4. The first-order valence-corrected chi connectivity index (χ1v) is 7.01. The maximum atomic E-state index is 12.5. The van der Waals surface area contributed by atoms with Crippen LogP contribution >= 0.6 is 11.6 Å². The average Bonchev–Trinajstić information content (AvgIpc) is 2.46. The van der Waals surface area contributed by atoms with Crippen LogP contribution in [0.1, 0.15) is 42.5 Å². The van der Waals surface area contributed by atoms with E-state index in [4.69, 9.17) is 21.1 Å². The van der Waals surface area contributed by atoms with E-state index in [9.17, 15) is 4.79 Å². The van der Waals surface area contributed by atoms with Gasteiger partial charge in [-0.15, -0.1) is 0 Å². The van der Waals surface area contributed by atoms with Gasteiger partial charge in [-0.3, -0.25) is 4.79 Å². The number of benzene rings is 1. The molecule has 0 saturated heterocycles. The molecule has 0 spiro atoms. The van der Waals surface area contributed by atoms with E-state index in [1.165, 1.54) is 13.5 Å². The summed E-state index contributed by atoms with van der Waals surface area (Å²) in [5.74, 6) is 1.28. The molecular weight excluding hydrogens is 264 g/mol. The van der Waals surface area contributed by atoms with Gasteiger partial charge in [0.1, 0.15) is 0 Å². The Kier molecular flexibility index (Phi) is 4.70. The smallest absolute Gasteiger partial charge is 0.179 e. The highest BCUT2D eigenvalue weighted by Gasteiger charge is 2.24. The Bertz CT molecular complexity index is 465. The van der Waals surface area contributed by atoms with E-state index in [1.807, 2.05) is 0 Å². The molecule has 1 fully saturated rings. The summed E-state index contributed by atoms with van der Waals surface area (Å²) in [5, 5.41) is 0.418. The molecule has 1 aromatic rings. The van der Waals surface area contributed by atoms with Crippen molar-refractivity contribution in [1.82, 2.24) is 0 Å². The highest BCUT2D eigenvalue weighted by molar-refractivity contribution is 6.32. The maximum Gasteiger partial charge on any atom is 0.179 e. The molecule has 0 atom stereocenters. The molecule has 3 nitrogen and oxygen atoms in total. The van der Waals surface area contributed by atoms with Gasteiger partial charge in [0.05, 0.1) is 19.2 Å². The predicted octanol–water partition coefficient (Wildman–Crippen LogP) is 4.12. The number of ether oxygens (including phenoxy) is 2. The van der Waals surface area contributed by atoms with Crippen molar-refractivity contribution in [3.8, 4) is 11.5 Å². The first-order chi connectivity index (χ1) is 9.17. The van der Waals surface area contributed by atoms with Crippen LogP contribution in [-0.4, -0.2) is 20.0 Å². The molecule has 0 aliphatic heterocycles. The van der Waals surface area contributed by atoms with Gasteiger partial charge >= 0.3 is 0 Å². The fraction of sp³-hybridized carbons (Fsp3) is 0.533. The van der Waals surface area contributed by atoms with Crippen molar-refractivity contribution < 1.29 is 14.3 Å². The van der Waals surface area contributed by atoms with Crippen molar-refractivity contribution in [3.63, 3.8) is 0 Å². The van der Waals surface area contributed by atoms with Gasteiger partial charge in [-0.1, -0.05) is 30.9 Å². The Morgan fingerprint density at radius 3 is 2.42 bits per heavy atom. The summed E-state index contributed by atoms with van der Waals surface area (Å²) in [4.78, 5) is 12.5. The van der Waals surface area contributed by atoms with Crippen LogP contribution in [0.15, 0.2) is 12.1 Å². The Balaban J connectivity index is 2.29. The van der Waals surface area contributed by atoms with Crippen LogP contribution in [0.25, 0.3) is 0 Å². The second-order valence-electron chi connectivity index (χ2n) is 4.89. The minimum atomic E-state index is 0.128. The summed E-state index contributed by atoms with van der Waals surface area (Å²) in [6.07, 6.45) is 5.46. The van der Waals surface area contributed by atoms with Crippen molar-refractivity contribution in [2.45, 2.75) is 32.1 Å². The predicted molar refractivity (Wildman–Crippen MR) is 75.5 cm³/mol. The number of hydrogen-bond donors (Lipinski definition) is 0. The highest BCUT2D eigenvalue weighted by atomic mass is 35.5. The van der Waals surface area contributed by atoms with Gasteiger partial charge in [0.25, 0.3) is 0 Å². The lowest BCUT2D eigenvalue weighted by atomic mass is 9.84. The van der Waals surface area contributed by atoms with E-state index in [0.717, 1.165) is 25.7 Å². The third-order valence-corrected chi connectivity index (χ3v) is 3.97. The van der Waals surface area contributed by atoms with Gasteiger partial charge in [0.15, 0.2) is 17.3 Å². The van der Waals surface area contributed by atoms with Crippen LogP contribution in [0.3, 0.4) is 0 Å². The number of carbonyl (C=O) groups excluding carboxylic acids is 1. The van der Waals surface area contributed by atoms with Gasteiger partial charge < -0.3 is 9.47 Å². The molecule has 2 rings (SSSR count). The molecule has 0 bridgehead atoms. The van der Waals surface area contributed by atoms with Gasteiger partial charge in [0.2, 0.25) is 0 Å². The summed E-state index contributed by atoms with van der Waals surface area (Å²) in [5.41, 5.74) is 0.620. The molecule has 19 heavy (non-hydrogen) atoms. The number of ketones is 1. The third kappa shape index (κ3) is 3.03. The summed E-state index contributed by atoms with van der Waals surface area (Å²) in [7, 11) is 3.08. The first-order valence-electron chi connectivity index (χ1n) is 6.63. The number of halogens is 1. The largest absolute Gasteiger partial charge is 0.493 e. The molecular formula is C15H19ClO3. The quantitative estimate of drug-likeness (QED) is 0.779. The molecule has 1 aromatic carbocycles. The molecule has 0 unspecified atom stereocenters. The molecule has 104 valence electrons. The van der Waals surface area contributed by atoms with Crippen LogP contribution in [-0.2, 0) is 0 Å². The highest BCUT2D eigenvalue weighted by Crippen LogP contribution is 2.37. The van der Waals surface area contributed by atoms with Crippen molar-refractivity contribution in [2.75, 3.05) is 14.2 Å². The zero-order valence-corrected chi connectivity index (χ0v) is 12.1. The zero-order chi connectivity index (χ0) is 13.8. The van der Waals surface area contributed by atoms with E-state index in [0.29, 0.717) is 22.1 Å². The van der Waals surface area contributed by atoms with Crippen molar-refractivity contribution in [1.29, 1.82) is 0 Å². The number of hydrogen-bond acceptors (Lipinski definition) is 3. The van der Waals surface area contributed by atoms with Crippen molar-refractivity contribution >= 4 is 17.4 Å². The fourth-order valence-electron chi connectivity index (χ4n) is 2.66. The molecule has 0 N–H and O–H groups in total. The molecule has 0 radical (unpaired) electrons. The normalized spacial score (nSPS) is 16.2. The Labute approximate surface area is 118 Å². The van der Waals surface area contributed by atoms with Crippen LogP contribution in [0.4, 0.5) is 0 Å². The van der Waals surface area contributed by atoms with Gasteiger partial charge in [-0.05, 0) is 25.0 Å². The molecule has 0 aromatic heterocycles. The second kappa shape index (κ2) is 6.29. The first kappa shape index (κ1) is 14.2. The monoisotopic (exact) mass is 282 g/mol. The van der Waals surface area contributed by atoms with Crippen molar-refractivity contribution in [2.24, 2.45) is 5.92 Å². The molecule has 0 amide bonds. The fourth-order valence-corrected chi connectivity index (χ4v) is 2.95. The standard InChI is InChI=1S/C15H19ClO3/c1-18-13-9-11(8-12(16)15(13)19-2)14(17)10-6-4-3-5-7-10/h8-10H,3-7H2,1-2H3. The van der Waals surface area contributed by atoms with E-state index >= 15 is 0 Å². The lowest BCUT2D eigenvalue weighted by Crippen LogP contribution is -2.18. The SMILES string of the molecule is COc1cc(C(=O)C2CCCCC2)cc(Cl)c1OC. The number of methoxy groups -OCH3 is 2.